The molecule has 0 bridgehead atoms. The first kappa shape index (κ1) is 24.5. The third kappa shape index (κ3) is 4.44. The average Bonchev–Trinajstić information content (AvgIpc) is 3.38. The summed E-state index contributed by atoms with van der Waals surface area (Å²) in [5, 5.41) is 6.36. The third-order valence-corrected chi connectivity index (χ3v) is 7.12. The van der Waals surface area contributed by atoms with Gasteiger partial charge in [-0.1, -0.05) is 23.8 Å². The van der Waals surface area contributed by atoms with Gasteiger partial charge in [0.2, 0.25) is 0 Å². The highest BCUT2D eigenvalue weighted by atomic mass is 32.1. The maximum atomic E-state index is 13.6. The molecule has 0 aliphatic carbocycles. The molecule has 0 fully saturated rings. The summed E-state index contributed by atoms with van der Waals surface area (Å²) in [4.78, 5) is 26.5. The summed E-state index contributed by atoms with van der Waals surface area (Å²) < 4.78 is 12.8. The van der Waals surface area contributed by atoms with Gasteiger partial charge in [-0.2, -0.15) is 0 Å². The molecule has 2 heterocycles. The van der Waals surface area contributed by atoms with Crippen molar-refractivity contribution in [3.63, 3.8) is 0 Å². The van der Waals surface area contributed by atoms with Gasteiger partial charge in [-0.05, 0) is 69.5 Å². The zero-order chi connectivity index (χ0) is 25.3. The lowest BCUT2D eigenvalue weighted by Crippen LogP contribution is -2.19. The molecule has 0 spiro atoms. The van der Waals surface area contributed by atoms with E-state index in [-0.39, 0.29) is 5.91 Å². The molecular weight excluding hydrogens is 460 g/mol. The molecule has 0 saturated carbocycles. The van der Waals surface area contributed by atoms with Gasteiger partial charge in [0.05, 0.1) is 13.7 Å². The number of anilines is 1. The number of methoxy groups -OCH3 is 1. The number of rotatable bonds is 7. The number of hydrogen-bond acceptors (Lipinski definition) is 5. The van der Waals surface area contributed by atoms with Crippen molar-refractivity contribution in [2.45, 2.75) is 41.2 Å². The number of benzene rings is 2. The summed E-state index contributed by atoms with van der Waals surface area (Å²) in [6, 6.07) is 12.0. The topological polar surface area (TPSA) is 69.6 Å². The van der Waals surface area contributed by atoms with Gasteiger partial charge in [-0.3, -0.25) is 4.79 Å². The first-order valence-corrected chi connectivity index (χ1v) is 12.5. The van der Waals surface area contributed by atoms with Crippen LogP contribution in [0.25, 0.3) is 22.0 Å². The van der Waals surface area contributed by atoms with Gasteiger partial charge < -0.3 is 19.4 Å². The van der Waals surface area contributed by atoms with Crippen molar-refractivity contribution in [1.82, 2.24) is 4.57 Å². The van der Waals surface area contributed by atoms with E-state index in [1.807, 2.05) is 81.0 Å². The van der Waals surface area contributed by atoms with Gasteiger partial charge in [-0.15, -0.1) is 11.3 Å². The number of nitrogens with zero attached hydrogens (tertiary/aromatic N) is 1. The Hall–Kier alpha value is -3.58. The Kier molecular flexibility index (Phi) is 6.98. The largest absolute Gasteiger partial charge is 0.494 e. The number of aryl methyl sites for hydroxylation is 4. The Morgan fingerprint density at radius 3 is 2.49 bits per heavy atom. The van der Waals surface area contributed by atoms with E-state index in [1.54, 1.807) is 0 Å². The number of carbonyl (C=O) groups is 2. The highest BCUT2D eigenvalue weighted by Crippen LogP contribution is 2.39. The number of amides is 1. The van der Waals surface area contributed by atoms with E-state index >= 15 is 0 Å². The maximum absolute atomic E-state index is 13.6. The van der Waals surface area contributed by atoms with Crippen LogP contribution in [0.15, 0.2) is 41.8 Å². The lowest BCUT2D eigenvalue weighted by Gasteiger charge is -2.12. The zero-order valence-corrected chi connectivity index (χ0v) is 21.8. The summed E-state index contributed by atoms with van der Waals surface area (Å²) in [6.45, 7) is 11.1. The van der Waals surface area contributed by atoms with Gasteiger partial charge in [-0.25, -0.2) is 4.79 Å². The summed E-state index contributed by atoms with van der Waals surface area (Å²) >= 11 is 1.33. The van der Waals surface area contributed by atoms with E-state index < -0.39 is 5.97 Å². The van der Waals surface area contributed by atoms with Gasteiger partial charge in [0.1, 0.15) is 22.0 Å². The quantitative estimate of drug-likeness (QED) is 0.291. The SMILES string of the molecule is CCOc1ccc2c(c1)c(C)c(C(=O)Nc1scc(-c3cc(C)ccc3C)c1C(=O)OC)n2CC. The normalized spacial score (nSPS) is 11.0. The first-order chi connectivity index (χ1) is 16.8. The second-order valence-electron chi connectivity index (χ2n) is 8.45. The van der Waals surface area contributed by atoms with Crippen LogP contribution in [0, 0.1) is 20.8 Å². The second kappa shape index (κ2) is 9.96. The fourth-order valence-electron chi connectivity index (χ4n) is 4.52. The van der Waals surface area contributed by atoms with Crippen LogP contribution in [-0.4, -0.2) is 30.2 Å². The molecule has 0 unspecified atom stereocenters. The Balaban J connectivity index is 1.79. The van der Waals surface area contributed by atoms with Crippen LogP contribution in [-0.2, 0) is 11.3 Å². The van der Waals surface area contributed by atoms with Gasteiger partial charge in [0.25, 0.3) is 5.91 Å². The van der Waals surface area contributed by atoms with Gasteiger partial charge in [0, 0.05) is 28.4 Å². The molecule has 4 aromatic rings. The predicted octanol–water partition coefficient (Wildman–Crippen LogP) is 6.75. The monoisotopic (exact) mass is 490 g/mol. The molecular formula is C28H30N2O4S. The highest BCUT2D eigenvalue weighted by Gasteiger charge is 2.26. The number of hydrogen-bond donors (Lipinski definition) is 1. The van der Waals surface area contributed by atoms with Crippen LogP contribution in [0.3, 0.4) is 0 Å². The molecule has 35 heavy (non-hydrogen) atoms. The number of fused-ring (bicyclic) bond motifs is 1. The van der Waals surface area contributed by atoms with Crippen molar-refractivity contribution in [3.8, 4) is 16.9 Å². The minimum Gasteiger partial charge on any atom is -0.494 e. The van der Waals surface area contributed by atoms with E-state index in [0.717, 1.165) is 44.5 Å². The van der Waals surface area contributed by atoms with Crippen molar-refractivity contribution in [1.29, 1.82) is 0 Å². The lowest BCUT2D eigenvalue weighted by molar-refractivity contribution is 0.0603. The standard InChI is InChI=1S/C28H30N2O4S/c1-7-30-23-12-11-19(34-8-2)14-21(23)18(5)25(30)26(31)29-27-24(28(32)33-6)22(15-35-27)20-13-16(3)9-10-17(20)4/h9-15H,7-8H2,1-6H3,(H,29,31). The lowest BCUT2D eigenvalue weighted by atomic mass is 9.97. The van der Waals surface area contributed by atoms with Gasteiger partial charge in [0.15, 0.2) is 0 Å². The fraction of sp³-hybridized carbons (Fsp3) is 0.286. The number of nitrogens with one attached hydrogen (secondary N) is 1. The molecule has 1 N–H and O–H groups in total. The third-order valence-electron chi connectivity index (χ3n) is 6.22. The molecule has 182 valence electrons. The van der Waals surface area contributed by atoms with Crippen molar-refractivity contribution in [2.24, 2.45) is 0 Å². The number of thiophene rings is 1. The Bertz CT molecular complexity index is 1430. The van der Waals surface area contributed by atoms with Crippen molar-refractivity contribution < 1.29 is 19.1 Å². The van der Waals surface area contributed by atoms with E-state index in [4.69, 9.17) is 9.47 Å². The number of esters is 1. The molecule has 2 aromatic carbocycles. The van der Waals surface area contributed by atoms with E-state index in [9.17, 15) is 9.59 Å². The van der Waals surface area contributed by atoms with Gasteiger partial charge >= 0.3 is 5.97 Å². The van der Waals surface area contributed by atoms with Crippen LogP contribution in [0.1, 0.15) is 51.4 Å². The van der Waals surface area contributed by atoms with Crippen LogP contribution in [0.2, 0.25) is 0 Å². The first-order valence-electron chi connectivity index (χ1n) is 11.6. The fourth-order valence-corrected chi connectivity index (χ4v) is 5.46. The second-order valence-corrected chi connectivity index (χ2v) is 9.33. The van der Waals surface area contributed by atoms with E-state index in [2.05, 4.69) is 5.32 Å². The number of carbonyl (C=O) groups excluding carboxylic acids is 2. The number of aromatic nitrogens is 1. The van der Waals surface area contributed by atoms with Crippen molar-refractivity contribution in [2.75, 3.05) is 19.0 Å². The molecule has 2 aromatic heterocycles. The minimum absolute atomic E-state index is 0.266. The van der Waals surface area contributed by atoms with E-state index in [0.29, 0.717) is 29.4 Å². The summed E-state index contributed by atoms with van der Waals surface area (Å²) in [7, 11) is 1.35. The molecule has 0 aliphatic rings. The summed E-state index contributed by atoms with van der Waals surface area (Å²) in [6.07, 6.45) is 0. The molecule has 0 saturated heterocycles. The highest BCUT2D eigenvalue weighted by molar-refractivity contribution is 7.15. The molecule has 4 rings (SSSR count). The molecule has 0 radical (unpaired) electrons. The maximum Gasteiger partial charge on any atom is 0.341 e. The number of ether oxygens (including phenoxy) is 2. The van der Waals surface area contributed by atoms with Crippen LogP contribution in [0.4, 0.5) is 5.00 Å². The van der Waals surface area contributed by atoms with Crippen LogP contribution in [0.5, 0.6) is 5.75 Å². The Morgan fingerprint density at radius 2 is 1.80 bits per heavy atom. The Morgan fingerprint density at radius 1 is 1.03 bits per heavy atom. The summed E-state index contributed by atoms with van der Waals surface area (Å²) in [5.74, 6) is 0.0253. The Labute approximate surface area is 209 Å². The molecule has 1 amide bonds. The zero-order valence-electron chi connectivity index (χ0n) is 20.9. The van der Waals surface area contributed by atoms with Crippen LogP contribution >= 0.6 is 11.3 Å². The minimum atomic E-state index is -0.480. The molecule has 7 heteroatoms. The molecule has 0 aliphatic heterocycles. The molecule has 6 nitrogen and oxygen atoms in total. The summed E-state index contributed by atoms with van der Waals surface area (Å²) in [5.41, 5.74) is 6.61. The molecule has 0 atom stereocenters. The predicted molar refractivity (Wildman–Crippen MR) is 142 cm³/mol. The van der Waals surface area contributed by atoms with Crippen LogP contribution < -0.4 is 10.1 Å². The van der Waals surface area contributed by atoms with E-state index in [1.165, 1.54) is 18.4 Å². The smallest absolute Gasteiger partial charge is 0.341 e. The van der Waals surface area contributed by atoms with Crippen molar-refractivity contribution >= 4 is 39.1 Å². The average molecular weight is 491 g/mol. The van der Waals surface area contributed by atoms with Crippen molar-refractivity contribution in [3.05, 3.63) is 69.7 Å².